The lowest BCUT2D eigenvalue weighted by atomic mass is 10.0. The van der Waals surface area contributed by atoms with Gasteiger partial charge in [-0.25, -0.2) is 0 Å². The molecule has 0 heterocycles. The van der Waals surface area contributed by atoms with Crippen molar-refractivity contribution >= 4 is 5.78 Å². The Hall–Kier alpha value is -0.490. The van der Waals surface area contributed by atoms with E-state index in [1.54, 1.807) is 0 Å². The molecule has 0 saturated carbocycles. The molecule has 7 N–H and O–H groups in total. The molecule has 0 amide bonds. The minimum absolute atomic E-state index is 0.0660. The number of rotatable bonds is 7. The largest absolute Gasteiger partial charge is 0.384 e. The van der Waals surface area contributed by atoms with Gasteiger partial charge in [-0.15, -0.1) is 0 Å². The SMILES string of the molecule is NCCCC[C@H](N)C(=O)C(O)CN. The molecule has 0 fully saturated rings. The van der Waals surface area contributed by atoms with Crippen molar-refractivity contribution in [3.8, 4) is 0 Å². The number of hydrogen-bond acceptors (Lipinski definition) is 5. The minimum Gasteiger partial charge on any atom is -0.384 e. The van der Waals surface area contributed by atoms with Crippen molar-refractivity contribution in [2.24, 2.45) is 17.2 Å². The van der Waals surface area contributed by atoms with Gasteiger partial charge in [0.2, 0.25) is 0 Å². The van der Waals surface area contributed by atoms with Crippen molar-refractivity contribution in [1.82, 2.24) is 0 Å². The van der Waals surface area contributed by atoms with Crippen LogP contribution < -0.4 is 17.2 Å². The summed E-state index contributed by atoms with van der Waals surface area (Å²) in [4.78, 5) is 11.2. The second kappa shape index (κ2) is 6.97. The molecule has 78 valence electrons. The first-order chi connectivity index (χ1) is 6.13. The number of carbonyl (C=O) groups excluding carboxylic acids is 1. The molecule has 0 aromatic rings. The fourth-order valence-corrected chi connectivity index (χ4v) is 1.01. The summed E-state index contributed by atoms with van der Waals surface area (Å²) < 4.78 is 0. The van der Waals surface area contributed by atoms with Crippen LogP contribution in [0.2, 0.25) is 0 Å². The summed E-state index contributed by atoms with van der Waals surface area (Å²) >= 11 is 0. The van der Waals surface area contributed by atoms with Crippen molar-refractivity contribution in [2.75, 3.05) is 13.1 Å². The van der Waals surface area contributed by atoms with Crippen molar-refractivity contribution < 1.29 is 9.90 Å². The Kier molecular flexibility index (Phi) is 6.70. The van der Waals surface area contributed by atoms with Gasteiger partial charge >= 0.3 is 0 Å². The highest BCUT2D eigenvalue weighted by molar-refractivity contribution is 5.87. The van der Waals surface area contributed by atoms with Gasteiger partial charge in [0, 0.05) is 6.54 Å². The van der Waals surface area contributed by atoms with E-state index < -0.39 is 12.1 Å². The first-order valence-corrected chi connectivity index (χ1v) is 4.51. The van der Waals surface area contributed by atoms with Gasteiger partial charge in [-0.1, -0.05) is 6.42 Å². The number of hydrogen-bond donors (Lipinski definition) is 4. The summed E-state index contributed by atoms with van der Waals surface area (Å²) in [7, 11) is 0. The molecule has 0 aliphatic heterocycles. The first-order valence-electron chi connectivity index (χ1n) is 4.51. The van der Waals surface area contributed by atoms with Crippen molar-refractivity contribution in [3.63, 3.8) is 0 Å². The maximum atomic E-state index is 11.2. The summed E-state index contributed by atoms with van der Waals surface area (Å²) in [6.07, 6.45) is 1.10. The van der Waals surface area contributed by atoms with Crippen LogP contribution in [0.4, 0.5) is 0 Å². The highest BCUT2D eigenvalue weighted by Crippen LogP contribution is 2.01. The summed E-state index contributed by atoms with van der Waals surface area (Å²) in [6.45, 7) is 0.532. The van der Waals surface area contributed by atoms with Crippen molar-refractivity contribution in [2.45, 2.75) is 31.4 Å². The summed E-state index contributed by atoms with van der Waals surface area (Å²) in [6, 6.07) is -0.606. The molecule has 0 aliphatic carbocycles. The monoisotopic (exact) mass is 189 g/mol. The van der Waals surface area contributed by atoms with Crippen LogP contribution in [-0.4, -0.2) is 36.1 Å². The van der Waals surface area contributed by atoms with Gasteiger partial charge in [0.1, 0.15) is 6.10 Å². The fourth-order valence-electron chi connectivity index (χ4n) is 1.01. The lowest BCUT2D eigenvalue weighted by Gasteiger charge is -2.13. The Labute approximate surface area is 78.3 Å². The third kappa shape index (κ3) is 4.94. The van der Waals surface area contributed by atoms with E-state index in [1.807, 2.05) is 0 Å². The van der Waals surface area contributed by atoms with E-state index in [9.17, 15) is 4.79 Å². The van der Waals surface area contributed by atoms with Crippen LogP contribution in [0.3, 0.4) is 0 Å². The minimum atomic E-state index is -1.12. The predicted octanol–water partition coefficient (Wildman–Crippen LogP) is -1.67. The van der Waals surface area contributed by atoms with Crippen LogP contribution >= 0.6 is 0 Å². The van der Waals surface area contributed by atoms with Crippen LogP contribution in [0.25, 0.3) is 0 Å². The average Bonchev–Trinajstić information content (AvgIpc) is 2.15. The zero-order chi connectivity index (χ0) is 10.3. The number of carbonyl (C=O) groups is 1. The third-order valence-corrected chi connectivity index (χ3v) is 1.89. The molecule has 13 heavy (non-hydrogen) atoms. The fraction of sp³-hybridized carbons (Fsp3) is 0.875. The zero-order valence-corrected chi connectivity index (χ0v) is 7.78. The van der Waals surface area contributed by atoms with Crippen LogP contribution in [0, 0.1) is 0 Å². The molecule has 0 aliphatic rings. The topological polar surface area (TPSA) is 115 Å². The smallest absolute Gasteiger partial charge is 0.179 e. The number of Topliss-reactive ketones (excluding diaryl/α,β-unsaturated/α-hetero) is 1. The molecular formula is C8H19N3O2. The molecular weight excluding hydrogens is 170 g/mol. The molecule has 0 aromatic heterocycles. The average molecular weight is 189 g/mol. The quantitative estimate of drug-likeness (QED) is 0.357. The van der Waals surface area contributed by atoms with Crippen LogP contribution in [0.5, 0.6) is 0 Å². The van der Waals surface area contributed by atoms with E-state index >= 15 is 0 Å². The second-order valence-electron chi connectivity index (χ2n) is 3.04. The van der Waals surface area contributed by atoms with E-state index in [0.29, 0.717) is 13.0 Å². The van der Waals surface area contributed by atoms with Crippen LogP contribution in [0.15, 0.2) is 0 Å². The molecule has 0 spiro atoms. The van der Waals surface area contributed by atoms with E-state index in [-0.39, 0.29) is 12.3 Å². The Morgan fingerprint density at radius 1 is 1.31 bits per heavy atom. The van der Waals surface area contributed by atoms with Gasteiger partial charge in [-0.2, -0.15) is 0 Å². The number of aliphatic hydroxyl groups excluding tert-OH is 1. The van der Waals surface area contributed by atoms with E-state index in [2.05, 4.69) is 0 Å². The highest BCUT2D eigenvalue weighted by atomic mass is 16.3. The molecule has 0 saturated heterocycles. The summed E-state index contributed by atoms with van der Waals surface area (Å²) in [5.74, 6) is -0.375. The van der Waals surface area contributed by atoms with Gasteiger partial charge in [-0.05, 0) is 19.4 Å². The molecule has 1 unspecified atom stereocenters. The van der Waals surface area contributed by atoms with Crippen LogP contribution in [0.1, 0.15) is 19.3 Å². The Bertz CT molecular complexity index is 152. The number of ketones is 1. The Balaban J connectivity index is 3.69. The molecule has 2 atom stereocenters. The van der Waals surface area contributed by atoms with Crippen molar-refractivity contribution in [1.29, 1.82) is 0 Å². The lowest BCUT2D eigenvalue weighted by Crippen LogP contribution is -2.42. The molecule has 0 radical (unpaired) electrons. The summed E-state index contributed by atoms with van der Waals surface area (Å²) in [5, 5.41) is 9.07. The molecule has 0 bridgehead atoms. The van der Waals surface area contributed by atoms with Gasteiger partial charge in [0.15, 0.2) is 5.78 Å². The summed E-state index contributed by atoms with van der Waals surface area (Å²) in [5.41, 5.74) is 15.9. The maximum absolute atomic E-state index is 11.2. The lowest BCUT2D eigenvalue weighted by molar-refractivity contribution is -0.128. The van der Waals surface area contributed by atoms with Gasteiger partial charge in [0.05, 0.1) is 6.04 Å². The normalized spacial score (nSPS) is 15.4. The standard InChI is InChI=1S/C8H19N3O2/c9-4-2-1-3-6(11)8(13)7(12)5-10/h6-7,12H,1-5,9-11H2/t6-,7?/m0/s1. The van der Waals surface area contributed by atoms with Crippen molar-refractivity contribution in [3.05, 3.63) is 0 Å². The Morgan fingerprint density at radius 2 is 1.92 bits per heavy atom. The number of aliphatic hydroxyl groups is 1. The first kappa shape index (κ1) is 12.5. The van der Waals surface area contributed by atoms with Gasteiger partial charge in [-0.3, -0.25) is 4.79 Å². The van der Waals surface area contributed by atoms with E-state index in [1.165, 1.54) is 0 Å². The van der Waals surface area contributed by atoms with E-state index in [0.717, 1.165) is 12.8 Å². The van der Waals surface area contributed by atoms with E-state index in [4.69, 9.17) is 22.3 Å². The van der Waals surface area contributed by atoms with Gasteiger partial charge in [0.25, 0.3) is 0 Å². The second-order valence-corrected chi connectivity index (χ2v) is 3.04. The predicted molar refractivity (Wildman–Crippen MR) is 50.9 cm³/mol. The molecule has 0 rings (SSSR count). The van der Waals surface area contributed by atoms with Gasteiger partial charge < -0.3 is 22.3 Å². The molecule has 5 nitrogen and oxygen atoms in total. The highest BCUT2D eigenvalue weighted by Gasteiger charge is 2.19. The molecule has 5 heteroatoms. The maximum Gasteiger partial charge on any atom is 0.179 e. The zero-order valence-electron chi connectivity index (χ0n) is 7.78. The molecule has 0 aromatic carbocycles. The van der Waals surface area contributed by atoms with Crippen LogP contribution in [-0.2, 0) is 4.79 Å². The number of nitrogens with two attached hydrogens (primary N) is 3. The number of unbranched alkanes of at least 4 members (excludes halogenated alkanes) is 1. The third-order valence-electron chi connectivity index (χ3n) is 1.89. The Morgan fingerprint density at radius 3 is 2.38 bits per heavy atom.